The van der Waals surface area contributed by atoms with Crippen molar-refractivity contribution in [3.8, 4) is 0 Å². The zero-order valence-electron chi connectivity index (χ0n) is 11.4. The summed E-state index contributed by atoms with van der Waals surface area (Å²) in [4.78, 5) is 0. The number of benzene rings is 1. The first-order chi connectivity index (χ1) is 8.80. The van der Waals surface area contributed by atoms with E-state index in [1.165, 1.54) is 0 Å². The van der Waals surface area contributed by atoms with Crippen LogP contribution in [0.15, 0.2) is 18.2 Å². The first kappa shape index (κ1) is 16.6. The second kappa shape index (κ2) is 5.16. The van der Waals surface area contributed by atoms with E-state index >= 15 is 0 Å². The fraction of sp³-hybridized carbons (Fsp3) is 0.500. The molecule has 114 valence electrons. The number of halogens is 3. The molecule has 0 fully saturated rings. The van der Waals surface area contributed by atoms with Gasteiger partial charge < -0.3 is 5.73 Å². The number of nitrogen functional groups attached to an aromatic ring is 1. The molecule has 0 aromatic heterocycles. The van der Waals surface area contributed by atoms with Gasteiger partial charge in [-0.25, -0.2) is 8.42 Å². The van der Waals surface area contributed by atoms with Crippen LogP contribution in [0.25, 0.3) is 0 Å². The summed E-state index contributed by atoms with van der Waals surface area (Å²) in [6.07, 6.45) is -4.52. The average Bonchev–Trinajstić information content (AvgIpc) is 2.15. The summed E-state index contributed by atoms with van der Waals surface area (Å²) in [5, 5.41) is 0. The summed E-state index contributed by atoms with van der Waals surface area (Å²) in [6.45, 7) is 5.22. The summed E-state index contributed by atoms with van der Waals surface area (Å²) in [7, 11) is -3.67. The van der Waals surface area contributed by atoms with Crippen molar-refractivity contribution >= 4 is 21.4 Å². The molecule has 0 aliphatic heterocycles. The molecule has 0 amide bonds. The summed E-state index contributed by atoms with van der Waals surface area (Å²) in [6, 6.07) is 2.50. The van der Waals surface area contributed by atoms with Crippen LogP contribution in [0.5, 0.6) is 0 Å². The molecule has 1 aromatic rings. The Hall–Kier alpha value is -1.44. The molecule has 0 radical (unpaired) electrons. The maximum absolute atomic E-state index is 12.5. The highest BCUT2D eigenvalue weighted by Gasteiger charge is 2.31. The summed E-state index contributed by atoms with van der Waals surface area (Å²) in [5.74, 6) is -0.166. The van der Waals surface area contributed by atoms with E-state index in [4.69, 9.17) is 5.73 Å². The lowest BCUT2D eigenvalue weighted by molar-refractivity contribution is -0.137. The first-order valence-electron chi connectivity index (χ1n) is 5.77. The Kier molecular flexibility index (Phi) is 4.28. The maximum Gasteiger partial charge on any atom is 0.416 e. The minimum absolute atomic E-state index is 0.0535. The largest absolute Gasteiger partial charge is 0.416 e. The van der Waals surface area contributed by atoms with Gasteiger partial charge in [-0.2, -0.15) is 13.2 Å². The van der Waals surface area contributed by atoms with E-state index < -0.39 is 27.2 Å². The number of rotatable bonds is 3. The third kappa shape index (κ3) is 4.92. The Morgan fingerprint density at radius 2 is 1.75 bits per heavy atom. The van der Waals surface area contributed by atoms with Gasteiger partial charge in [-0.1, -0.05) is 20.8 Å². The van der Waals surface area contributed by atoms with Gasteiger partial charge in [0.2, 0.25) is 10.0 Å². The van der Waals surface area contributed by atoms with Crippen molar-refractivity contribution in [1.29, 1.82) is 0 Å². The Labute approximate surface area is 116 Å². The van der Waals surface area contributed by atoms with Gasteiger partial charge in [0.1, 0.15) is 0 Å². The highest BCUT2D eigenvalue weighted by atomic mass is 32.2. The van der Waals surface area contributed by atoms with Crippen LogP contribution in [-0.4, -0.2) is 14.2 Å². The van der Waals surface area contributed by atoms with E-state index in [1.54, 1.807) is 20.8 Å². The van der Waals surface area contributed by atoms with Crippen molar-refractivity contribution in [2.45, 2.75) is 26.9 Å². The monoisotopic (exact) mass is 310 g/mol. The van der Waals surface area contributed by atoms with Crippen molar-refractivity contribution in [1.82, 2.24) is 0 Å². The molecule has 0 aliphatic rings. The number of anilines is 2. The molecule has 0 spiro atoms. The normalized spacial score (nSPS) is 13.3. The van der Waals surface area contributed by atoms with Gasteiger partial charge in [-0.15, -0.1) is 0 Å². The van der Waals surface area contributed by atoms with Crippen LogP contribution in [0.4, 0.5) is 24.5 Å². The molecule has 3 N–H and O–H groups in total. The lowest BCUT2D eigenvalue weighted by Crippen LogP contribution is -2.26. The Balaban J connectivity index is 3.01. The molecule has 1 rings (SSSR count). The van der Waals surface area contributed by atoms with Gasteiger partial charge in [0, 0.05) is 0 Å². The molecule has 4 nitrogen and oxygen atoms in total. The fourth-order valence-electron chi connectivity index (χ4n) is 1.61. The zero-order valence-corrected chi connectivity index (χ0v) is 12.2. The summed E-state index contributed by atoms with van der Waals surface area (Å²) in [5.41, 5.74) is 3.74. The molecule has 1 aromatic carbocycles. The highest BCUT2D eigenvalue weighted by Crippen LogP contribution is 2.33. The molecule has 0 atom stereocenters. The van der Waals surface area contributed by atoms with Crippen molar-refractivity contribution in [3.63, 3.8) is 0 Å². The summed E-state index contributed by atoms with van der Waals surface area (Å²) >= 11 is 0. The average molecular weight is 310 g/mol. The van der Waals surface area contributed by atoms with E-state index in [-0.39, 0.29) is 17.1 Å². The smallest absolute Gasteiger partial charge is 0.397 e. The minimum atomic E-state index is -4.52. The van der Waals surface area contributed by atoms with Gasteiger partial charge in [-0.3, -0.25) is 4.72 Å². The number of nitrogens with one attached hydrogen (secondary N) is 1. The molecule has 0 bridgehead atoms. The first-order valence-corrected chi connectivity index (χ1v) is 7.43. The molecular formula is C12H17F3N2O2S. The highest BCUT2D eigenvalue weighted by molar-refractivity contribution is 7.92. The van der Waals surface area contributed by atoms with Crippen LogP contribution in [0.3, 0.4) is 0 Å². The predicted octanol–water partition coefficient (Wildman–Crippen LogP) is 3.08. The van der Waals surface area contributed by atoms with Crippen LogP contribution in [0.2, 0.25) is 0 Å². The number of hydrogen-bond donors (Lipinski definition) is 2. The Morgan fingerprint density at radius 1 is 1.20 bits per heavy atom. The Bertz CT molecular complexity index is 590. The van der Waals surface area contributed by atoms with Crippen molar-refractivity contribution < 1.29 is 21.6 Å². The van der Waals surface area contributed by atoms with E-state index in [2.05, 4.69) is 4.72 Å². The zero-order chi connectivity index (χ0) is 15.8. The molecular weight excluding hydrogens is 293 g/mol. The number of hydrogen-bond acceptors (Lipinski definition) is 3. The Morgan fingerprint density at radius 3 is 2.15 bits per heavy atom. The number of nitrogens with two attached hydrogens (primary N) is 1. The lowest BCUT2D eigenvalue weighted by Gasteiger charge is -2.19. The topological polar surface area (TPSA) is 72.2 Å². The second-order valence-electron chi connectivity index (χ2n) is 5.72. The second-order valence-corrected chi connectivity index (χ2v) is 7.44. The molecule has 20 heavy (non-hydrogen) atoms. The maximum atomic E-state index is 12.5. The minimum Gasteiger partial charge on any atom is -0.397 e. The SMILES string of the molecule is CC(C)(C)CS(=O)(=O)Nc1ccc(C(F)(F)F)cc1N. The van der Waals surface area contributed by atoms with Crippen LogP contribution < -0.4 is 10.5 Å². The molecule has 0 saturated carbocycles. The van der Waals surface area contributed by atoms with E-state index in [1.807, 2.05) is 0 Å². The van der Waals surface area contributed by atoms with Crippen LogP contribution in [0, 0.1) is 5.41 Å². The van der Waals surface area contributed by atoms with Crippen molar-refractivity contribution in [3.05, 3.63) is 23.8 Å². The summed E-state index contributed by atoms with van der Waals surface area (Å²) < 4.78 is 63.3. The van der Waals surface area contributed by atoms with E-state index in [0.717, 1.165) is 12.1 Å². The van der Waals surface area contributed by atoms with E-state index in [9.17, 15) is 21.6 Å². The fourth-order valence-corrected chi connectivity index (χ4v) is 3.34. The van der Waals surface area contributed by atoms with E-state index in [0.29, 0.717) is 6.07 Å². The number of alkyl halides is 3. The van der Waals surface area contributed by atoms with Crippen LogP contribution in [0.1, 0.15) is 26.3 Å². The quantitative estimate of drug-likeness (QED) is 0.843. The molecule has 0 saturated heterocycles. The molecule has 0 unspecified atom stereocenters. The standard InChI is InChI=1S/C12H17F3N2O2S/c1-11(2,3)7-20(18,19)17-10-5-4-8(6-9(10)16)12(13,14)15/h4-6,17H,7,16H2,1-3H3. The number of sulfonamides is 1. The third-order valence-electron chi connectivity index (χ3n) is 2.27. The predicted molar refractivity (Wildman–Crippen MR) is 72.7 cm³/mol. The van der Waals surface area contributed by atoms with Gasteiger partial charge in [0.25, 0.3) is 0 Å². The molecule has 0 heterocycles. The molecule has 0 aliphatic carbocycles. The lowest BCUT2D eigenvalue weighted by atomic mass is 10.0. The molecule has 8 heteroatoms. The van der Waals surface area contributed by atoms with Crippen molar-refractivity contribution in [2.24, 2.45) is 5.41 Å². The van der Waals surface area contributed by atoms with Crippen LogP contribution in [-0.2, 0) is 16.2 Å². The third-order valence-corrected chi connectivity index (χ3v) is 4.04. The van der Waals surface area contributed by atoms with Gasteiger partial charge in [-0.05, 0) is 23.6 Å². The van der Waals surface area contributed by atoms with Crippen molar-refractivity contribution in [2.75, 3.05) is 16.2 Å². The van der Waals surface area contributed by atoms with Gasteiger partial charge >= 0.3 is 6.18 Å². The van der Waals surface area contributed by atoms with Crippen LogP contribution >= 0.6 is 0 Å². The van der Waals surface area contributed by atoms with Gasteiger partial charge in [0.05, 0.1) is 22.7 Å². The van der Waals surface area contributed by atoms with Gasteiger partial charge in [0.15, 0.2) is 0 Å².